The zero-order valence-electron chi connectivity index (χ0n) is 17.0. The van der Waals surface area contributed by atoms with Crippen LogP contribution in [0.15, 0.2) is 30.3 Å². The van der Waals surface area contributed by atoms with E-state index >= 15 is 0 Å². The van der Waals surface area contributed by atoms with E-state index in [1.807, 2.05) is 35.2 Å². The molecule has 0 bridgehead atoms. The Morgan fingerprint density at radius 3 is 2.36 bits per heavy atom. The van der Waals surface area contributed by atoms with Crippen molar-refractivity contribution in [1.29, 1.82) is 0 Å². The number of nitrogens with zero attached hydrogens (tertiary/aromatic N) is 2. The summed E-state index contributed by atoms with van der Waals surface area (Å²) in [6.07, 6.45) is 4.92. The van der Waals surface area contributed by atoms with E-state index in [1.165, 1.54) is 12.8 Å². The molecule has 0 aromatic heterocycles. The standard InChI is InChI=1S/C22H34N4O2/c1-17-7-9-19(10-8-17)24-21(27)16-25-11-13-26(14-12-25)22(28)15-20(23)18-5-3-2-4-6-18/h2-6,17,19-20H,7-16,23H2,1H3,(H,24,27). The molecule has 2 amide bonds. The Labute approximate surface area is 168 Å². The number of hydrogen-bond acceptors (Lipinski definition) is 4. The molecule has 1 aromatic rings. The summed E-state index contributed by atoms with van der Waals surface area (Å²) in [4.78, 5) is 28.9. The van der Waals surface area contributed by atoms with Crippen molar-refractivity contribution in [2.24, 2.45) is 11.7 Å². The van der Waals surface area contributed by atoms with Crippen LogP contribution in [-0.2, 0) is 9.59 Å². The molecule has 3 N–H and O–H groups in total. The molecule has 1 aromatic carbocycles. The van der Waals surface area contributed by atoms with Crippen LogP contribution < -0.4 is 11.1 Å². The summed E-state index contributed by atoms with van der Waals surface area (Å²) in [7, 11) is 0. The van der Waals surface area contributed by atoms with Gasteiger partial charge in [0.2, 0.25) is 11.8 Å². The fourth-order valence-electron chi connectivity index (χ4n) is 4.17. The van der Waals surface area contributed by atoms with Gasteiger partial charge in [0.05, 0.1) is 6.54 Å². The maximum absolute atomic E-state index is 12.5. The van der Waals surface area contributed by atoms with Gasteiger partial charge >= 0.3 is 0 Å². The van der Waals surface area contributed by atoms with Crippen LogP contribution in [0.2, 0.25) is 0 Å². The van der Waals surface area contributed by atoms with Gasteiger partial charge in [-0.2, -0.15) is 0 Å². The first kappa shape index (κ1) is 20.8. The van der Waals surface area contributed by atoms with Gasteiger partial charge in [0.1, 0.15) is 0 Å². The summed E-state index contributed by atoms with van der Waals surface area (Å²) in [5, 5.41) is 3.19. The highest BCUT2D eigenvalue weighted by Crippen LogP contribution is 2.23. The van der Waals surface area contributed by atoms with E-state index in [4.69, 9.17) is 5.73 Å². The second kappa shape index (κ2) is 10.0. The second-order valence-corrected chi connectivity index (χ2v) is 8.40. The molecule has 2 fully saturated rings. The fraction of sp³-hybridized carbons (Fsp3) is 0.636. The highest BCUT2D eigenvalue weighted by Gasteiger charge is 2.25. The smallest absolute Gasteiger partial charge is 0.234 e. The van der Waals surface area contributed by atoms with Gasteiger partial charge in [-0.05, 0) is 37.2 Å². The highest BCUT2D eigenvalue weighted by atomic mass is 16.2. The molecule has 28 heavy (non-hydrogen) atoms. The van der Waals surface area contributed by atoms with Crippen LogP contribution in [0.5, 0.6) is 0 Å². The van der Waals surface area contributed by atoms with Crippen molar-refractivity contribution in [3.8, 4) is 0 Å². The largest absolute Gasteiger partial charge is 0.352 e. The lowest BCUT2D eigenvalue weighted by Crippen LogP contribution is -2.52. The minimum Gasteiger partial charge on any atom is -0.352 e. The van der Waals surface area contributed by atoms with Gasteiger partial charge in [-0.25, -0.2) is 0 Å². The highest BCUT2D eigenvalue weighted by molar-refractivity contribution is 5.79. The van der Waals surface area contributed by atoms with Crippen LogP contribution in [0.25, 0.3) is 0 Å². The van der Waals surface area contributed by atoms with Crippen molar-refractivity contribution in [2.75, 3.05) is 32.7 Å². The second-order valence-electron chi connectivity index (χ2n) is 8.40. The molecular weight excluding hydrogens is 352 g/mol. The summed E-state index contributed by atoms with van der Waals surface area (Å²) in [6, 6.07) is 9.82. The van der Waals surface area contributed by atoms with Gasteiger partial charge in [-0.3, -0.25) is 14.5 Å². The quantitative estimate of drug-likeness (QED) is 0.783. The van der Waals surface area contributed by atoms with Crippen molar-refractivity contribution < 1.29 is 9.59 Å². The number of benzene rings is 1. The lowest BCUT2D eigenvalue weighted by Gasteiger charge is -2.35. The third-order valence-corrected chi connectivity index (χ3v) is 6.10. The normalized spacial score (nSPS) is 24.6. The van der Waals surface area contributed by atoms with E-state index in [9.17, 15) is 9.59 Å². The summed E-state index contributed by atoms with van der Waals surface area (Å²) in [5.74, 6) is 0.996. The third-order valence-electron chi connectivity index (χ3n) is 6.10. The molecule has 0 spiro atoms. The molecule has 3 rings (SSSR count). The molecule has 1 aliphatic heterocycles. The number of nitrogens with one attached hydrogen (secondary N) is 1. The number of amides is 2. The predicted octanol–water partition coefficient (Wildman–Crippen LogP) is 1.92. The number of hydrogen-bond donors (Lipinski definition) is 2. The molecule has 1 heterocycles. The summed E-state index contributed by atoms with van der Waals surface area (Å²) >= 11 is 0. The van der Waals surface area contributed by atoms with Gasteiger partial charge < -0.3 is 16.0 Å². The Kier molecular flexibility index (Phi) is 7.45. The number of piperazine rings is 1. The van der Waals surface area contributed by atoms with E-state index in [1.54, 1.807) is 0 Å². The van der Waals surface area contributed by atoms with Crippen molar-refractivity contribution in [2.45, 2.75) is 51.1 Å². The molecule has 1 saturated carbocycles. The molecule has 1 unspecified atom stereocenters. The zero-order valence-corrected chi connectivity index (χ0v) is 17.0. The van der Waals surface area contributed by atoms with Gasteiger partial charge in [-0.1, -0.05) is 37.3 Å². The van der Waals surface area contributed by atoms with Crippen LogP contribution in [0.3, 0.4) is 0 Å². The first-order valence-electron chi connectivity index (χ1n) is 10.6. The molecule has 6 heteroatoms. The molecular formula is C22H34N4O2. The van der Waals surface area contributed by atoms with Gasteiger partial charge in [0.25, 0.3) is 0 Å². The van der Waals surface area contributed by atoms with Gasteiger partial charge in [0, 0.05) is 44.7 Å². The Bertz CT molecular complexity index is 635. The third kappa shape index (κ3) is 6.04. The molecule has 2 aliphatic rings. The van der Waals surface area contributed by atoms with E-state index in [2.05, 4.69) is 17.1 Å². The number of rotatable bonds is 6. The van der Waals surface area contributed by atoms with E-state index in [0.717, 1.165) is 37.4 Å². The monoisotopic (exact) mass is 386 g/mol. The minimum absolute atomic E-state index is 0.0942. The SMILES string of the molecule is CC1CCC(NC(=O)CN2CCN(C(=O)CC(N)c3ccccc3)CC2)CC1. The van der Waals surface area contributed by atoms with Gasteiger partial charge in [-0.15, -0.1) is 0 Å². The van der Waals surface area contributed by atoms with Crippen molar-refractivity contribution in [3.63, 3.8) is 0 Å². The van der Waals surface area contributed by atoms with Crippen molar-refractivity contribution >= 4 is 11.8 Å². The molecule has 1 aliphatic carbocycles. The Balaban J connectivity index is 1.37. The van der Waals surface area contributed by atoms with Crippen LogP contribution in [0.4, 0.5) is 0 Å². The lowest BCUT2D eigenvalue weighted by molar-refractivity contribution is -0.133. The number of carbonyl (C=O) groups is 2. The topological polar surface area (TPSA) is 78.7 Å². The first-order valence-corrected chi connectivity index (χ1v) is 10.6. The summed E-state index contributed by atoms with van der Waals surface area (Å²) < 4.78 is 0. The summed E-state index contributed by atoms with van der Waals surface area (Å²) in [5.41, 5.74) is 7.17. The van der Waals surface area contributed by atoms with Crippen molar-refractivity contribution in [3.05, 3.63) is 35.9 Å². The van der Waals surface area contributed by atoms with E-state index in [0.29, 0.717) is 32.1 Å². The van der Waals surface area contributed by atoms with Crippen LogP contribution in [0, 0.1) is 5.92 Å². The average Bonchev–Trinajstić information content (AvgIpc) is 2.71. The Morgan fingerprint density at radius 1 is 1.07 bits per heavy atom. The first-order chi connectivity index (χ1) is 13.5. The van der Waals surface area contributed by atoms with Crippen molar-refractivity contribution in [1.82, 2.24) is 15.1 Å². The average molecular weight is 387 g/mol. The van der Waals surface area contributed by atoms with Crippen LogP contribution >= 0.6 is 0 Å². The number of nitrogens with two attached hydrogens (primary N) is 1. The summed E-state index contributed by atoms with van der Waals surface area (Å²) in [6.45, 7) is 5.51. The predicted molar refractivity (Wildman–Crippen MR) is 111 cm³/mol. The number of carbonyl (C=O) groups excluding carboxylic acids is 2. The Hall–Kier alpha value is -1.92. The maximum atomic E-state index is 12.5. The molecule has 154 valence electrons. The Morgan fingerprint density at radius 2 is 1.71 bits per heavy atom. The lowest BCUT2D eigenvalue weighted by atomic mass is 9.87. The van der Waals surface area contributed by atoms with E-state index < -0.39 is 0 Å². The maximum Gasteiger partial charge on any atom is 0.234 e. The molecule has 1 saturated heterocycles. The van der Waals surface area contributed by atoms with E-state index in [-0.39, 0.29) is 17.9 Å². The van der Waals surface area contributed by atoms with Gasteiger partial charge in [0.15, 0.2) is 0 Å². The minimum atomic E-state index is -0.268. The van der Waals surface area contributed by atoms with Crippen LogP contribution in [-0.4, -0.2) is 60.4 Å². The van der Waals surface area contributed by atoms with Crippen LogP contribution in [0.1, 0.15) is 50.6 Å². The zero-order chi connectivity index (χ0) is 19.9. The molecule has 1 atom stereocenters. The molecule has 6 nitrogen and oxygen atoms in total. The fourth-order valence-corrected chi connectivity index (χ4v) is 4.17. The molecule has 0 radical (unpaired) electrons.